The standard InChI is InChI=1S/C24H26O5/c1-5-29-24(26)23-20(19-14-18(27-3)9-10-22(19)28-4)12-17(13-21(23)25)16-8-6-7-15(2)11-16/h6-11,13-14,20,23H,5,12H2,1-4H3/t20-,23+/m0/s1. The van der Waals surface area contributed by atoms with E-state index in [1.165, 1.54) is 0 Å². The van der Waals surface area contributed by atoms with Crippen molar-refractivity contribution in [1.82, 2.24) is 0 Å². The summed E-state index contributed by atoms with van der Waals surface area (Å²) in [6.45, 7) is 3.97. The third-order valence-electron chi connectivity index (χ3n) is 5.23. The van der Waals surface area contributed by atoms with Crippen LogP contribution in [0.5, 0.6) is 11.5 Å². The van der Waals surface area contributed by atoms with Crippen LogP contribution in [0.25, 0.3) is 5.57 Å². The number of aryl methyl sites for hydroxylation is 1. The Kier molecular flexibility index (Phi) is 6.37. The molecule has 3 rings (SSSR count). The third kappa shape index (κ3) is 4.34. The van der Waals surface area contributed by atoms with Gasteiger partial charge < -0.3 is 14.2 Å². The van der Waals surface area contributed by atoms with E-state index in [-0.39, 0.29) is 12.4 Å². The van der Waals surface area contributed by atoms with Gasteiger partial charge in [-0.1, -0.05) is 29.8 Å². The van der Waals surface area contributed by atoms with Gasteiger partial charge in [-0.3, -0.25) is 9.59 Å². The van der Waals surface area contributed by atoms with Gasteiger partial charge in [0.15, 0.2) is 5.78 Å². The van der Waals surface area contributed by atoms with Crippen LogP contribution in [-0.2, 0) is 14.3 Å². The molecule has 2 atom stereocenters. The van der Waals surface area contributed by atoms with Gasteiger partial charge in [0.2, 0.25) is 0 Å². The Labute approximate surface area is 171 Å². The molecule has 0 heterocycles. The minimum absolute atomic E-state index is 0.221. The number of ketones is 1. The predicted molar refractivity (Wildman–Crippen MR) is 111 cm³/mol. The zero-order chi connectivity index (χ0) is 21.0. The maximum atomic E-state index is 13.1. The first-order valence-corrected chi connectivity index (χ1v) is 9.68. The monoisotopic (exact) mass is 394 g/mol. The molecular formula is C24H26O5. The number of esters is 1. The number of ether oxygens (including phenoxy) is 3. The molecule has 0 N–H and O–H groups in total. The van der Waals surface area contributed by atoms with Gasteiger partial charge in [-0.2, -0.15) is 0 Å². The average molecular weight is 394 g/mol. The van der Waals surface area contributed by atoms with Crippen LogP contribution in [0, 0.1) is 12.8 Å². The molecule has 0 saturated heterocycles. The van der Waals surface area contributed by atoms with Crippen molar-refractivity contribution < 1.29 is 23.8 Å². The zero-order valence-corrected chi connectivity index (χ0v) is 17.2. The number of hydrogen-bond acceptors (Lipinski definition) is 5. The molecular weight excluding hydrogens is 368 g/mol. The number of methoxy groups -OCH3 is 2. The molecule has 0 bridgehead atoms. The van der Waals surface area contributed by atoms with E-state index >= 15 is 0 Å². The first-order chi connectivity index (χ1) is 14.0. The number of carbonyl (C=O) groups is 2. The molecule has 0 radical (unpaired) electrons. The van der Waals surface area contributed by atoms with Gasteiger partial charge in [0.25, 0.3) is 0 Å². The van der Waals surface area contributed by atoms with Crippen molar-refractivity contribution in [3.63, 3.8) is 0 Å². The van der Waals surface area contributed by atoms with Gasteiger partial charge in [-0.25, -0.2) is 0 Å². The van der Waals surface area contributed by atoms with Crippen molar-refractivity contribution in [3.8, 4) is 11.5 Å². The number of rotatable bonds is 6. The van der Waals surface area contributed by atoms with E-state index in [0.717, 1.165) is 22.3 Å². The van der Waals surface area contributed by atoms with E-state index in [9.17, 15) is 9.59 Å². The van der Waals surface area contributed by atoms with Crippen LogP contribution in [-0.4, -0.2) is 32.6 Å². The van der Waals surface area contributed by atoms with Crippen LogP contribution >= 0.6 is 0 Å². The molecule has 29 heavy (non-hydrogen) atoms. The molecule has 2 aromatic carbocycles. The molecule has 0 amide bonds. The fourth-order valence-electron chi connectivity index (χ4n) is 3.85. The molecule has 0 unspecified atom stereocenters. The quantitative estimate of drug-likeness (QED) is 0.539. The normalized spacial score (nSPS) is 18.8. The minimum atomic E-state index is -0.912. The molecule has 2 aromatic rings. The number of carbonyl (C=O) groups excluding carboxylic acids is 2. The van der Waals surface area contributed by atoms with Gasteiger partial charge >= 0.3 is 5.97 Å². The summed E-state index contributed by atoms with van der Waals surface area (Å²) in [4.78, 5) is 25.8. The lowest BCUT2D eigenvalue weighted by Crippen LogP contribution is -2.34. The van der Waals surface area contributed by atoms with E-state index in [0.29, 0.717) is 17.9 Å². The number of hydrogen-bond donors (Lipinski definition) is 0. The Morgan fingerprint density at radius 2 is 1.90 bits per heavy atom. The summed E-state index contributed by atoms with van der Waals surface area (Å²) in [6.07, 6.45) is 2.10. The topological polar surface area (TPSA) is 61.8 Å². The van der Waals surface area contributed by atoms with Crippen molar-refractivity contribution in [2.45, 2.75) is 26.2 Å². The maximum absolute atomic E-state index is 13.1. The molecule has 0 aromatic heterocycles. The van der Waals surface area contributed by atoms with Crippen LogP contribution < -0.4 is 9.47 Å². The summed E-state index contributed by atoms with van der Waals surface area (Å²) in [5.41, 5.74) is 3.75. The Morgan fingerprint density at radius 1 is 1.10 bits per heavy atom. The fourth-order valence-corrected chi connectivity index (χ4v) is 3.85. The van der Waals surface area contributed by atoms with Crippen molar-refractivity contribution in [2.24, 2.45) is 5.92 Å². The summed E-state index contributed by atoms with van der Waals surface area (Å²) in [6, 6.07) is 13.4. The second-order valence-corrected chi connectivity index (χ2v) is 7.09. The predicted octanol–water partition coefficient (Wildman–Crippen LogP) is 4.33. The first kappa shape index (κ1) is 20.6. The number of benzene rings is 2. The molecule has 0 aliphatic heterocycles. The van der Waals surface area contributed by atoms with E-state index in [1.54, 1.807) is 39.4 Å². The lowest BCUT2D eigenvalue weighted by Gasteiger charge is -2.30. The molecule has 1 aliphatic carbocycles. The summed E-state index contributed by atoms with van der Waals surface area (Å²) in [5.74, 6) is -0.824. The highest BCUT2D eigenvalue weighted by Crippen LogP contribution is 2.44. The van der Waals surface area contributed by atoms with Crippen LogP contribution in [0.4, 0.5) is 0 Å². The van der Waals surface area contributed by atoms with Gasteiger partial charge in [-0.15, -0.1) is 0 Å². The molecule has 0 saturated carbocycles. The smallest absolute Gasteiger partial charge is 0.317 e. The average Bonchev–Trinajstić information content (AvgIpc) is 2.72. The fraction of sp³-hybridized carbons (Fsp3) is 0.333. The molecule has 0 fully saturated rings. The first-order valence-electron chi connectivity index (χ1n) is 9.68. The Bertz CT molecular complexity index is 944. The van der Waals surface area contributed by atoms with Gasteiger partial charge in [0, 0.05) is 11.5 Å². The maximum Gasteiger partial charge on any atom is 0.317 e. The lowest BCUT2D eigenvalue weighted by molar-refractivity contribution is -0.151. The van der Waals surface area contributed by atoms with Gasteiger partial charge in [-0.05, 0) is 55.7 Å². The largest absolute Gasteiger partial charge is 0.497 e. The minimum Gasteiger partial charge on any atom is -0.497 e. The van der Waals surface area contributed by atoms with Gasteiger partial charge in [0.05, 0.1) is 20.8 Å². The second-order valence-electron chi connectivity index (χ2n) is 7.09. The Morgan fingerprint density at radius 3 is 2.55 bits per heavy atom. The summed E-state index contributed by atoms with van der Waals surface area (Å²) < 4.78 is 16.1. The van der Waals surface area contributed by atoms with Crippen LogP contribution in [0.2, 0.25) is 0 Å². The Balaban J connectivity index is 2.12. The van der Waals surface area contributed by atoms with E-state index in [4.69, 9.17) is 14.2 Å². The summed E-state index contributed by atoms with van der Waals surface area (Å²) in [5, 5.41) is 0. The molecule has 5 nitrogen and oxygen atoms in total. The van der Waals surface area contributed by atoms with Crippen molar-refractivity contribution in [3.05, 3.63) is 65.2 Å². The van der Waals surface area contributed by atoms with Crippen molar-refractivity contribution in [2.75, 3.05) is 20.8 Å². The molecule has 5 heteroatoms. The third-order valence-corrected chi connectivity index (χ3v) is 5.23. The number of allylic oxidation sites excluding steroid dienone is 2. The van der Waals surface area contributed by atoms with Crippen molar-refractivity contribution in [1.29, 1.82) is 0 Å². The van der Waals surface area contributed by atoms with Crippen LogP contribution in [0.1, 0.15) is 36.0 Å². The highest BCUT2D eigenvalue weighted by molar-refractivity contribution is 6.10. The summed E-state index contributed by atoms with van der Waals surface area (Å²) in [7, 11) is 3.16. The van der Waals surface area contributed by atoms with Crippen molar-refractivity contribution >= 4 is 17.3 Å². The van der Waals surface area contributed by atoms with E-state index in [1.807, 2.05) is 37.3 Å². The van der Waals surface area contributed by atoms with Crippen LogP contribution in [0.3, 0.4) is 0 Å². The highest BCUT2D eigenvalue weighted by Gasteiger charge is 2.41. The molecule has 0 spiro atoms. The van der Waals surface area contributed by atoms with Crippen LogP contribution in [0.15, 0.2) is 48.5 Å². The summed E-state index contributed by atoms with van der Waals surface area (Å²) >= 11 is 0. The zero-order valence-electron chi connectivity index (χ0n) is 17.2. The molecule has 152 valence electrons. The highest BCUT2D eigenvalue weighted by atomic mass is 16.5. The Hall–Kier alpha value is -3.08. The van der Waals surface area contributed by atoms with E-state index in [2.05, 4.69) is 0 Å². The molecule has 1 aliphatic rings. The SMILES string of the molecule is CCOC(=O)[C@H]1C(=O)C=C(c2cccc(C)c2)C[C@H]1c1cc(OC)ccc1OC. The van der Waals surface area contributed by atoms with E-state index < -0.39 is 17.8 Å². The second kappa shape index (κ2) is 8.95. The van der Waals surface area contributed by atoms with Gasteiger partial charge in [0.1, 0.15) is 17.4 Å². The lowest BCUT2D eigenvalue weighted by atomic mass is 9.73.